The van der Waals surface area contributed by atoms with E-state index in [1.165, 1.54) is 0 Å². The number of aliphatic carboxylic acids is 1. The highest BCUT2D eigenvalue weighted by molar-refractivity contribution is 5.69. The summed E-state index contributed by atoms with van der Waals surface area (Å²) in [6, 6.07) is 0. The molecule has 0 aromatic heterocycles. The van der Waals surface area contributed by atoms with Crippen molar-refractivity contribution in [1.29, 1.82) is 0 Å². The van der Waals surface area contributed by atoms with E-state index in [2.05, 4.69) is 25.7 Å². The van der Waals surface area contributed by atoms with Crippen LogP contribution in [0.25, 0.3) is 0 Å². The third-order valence-electron chi connectivity index (χ3n) is 4.19. The minimum Gasteiger partial charge on any atom is -0.481 e. The van der Waals surface area contributed by atoms with E-state index < -0.39 is 5.97 Å². The number of carboxylic acids is 1. The molecule has 1 fully saturated rings. The Morgan fingerprint density at radius 1 is 1.26 bits per heavy atom. The quantitative estimate of drug-likeness (QED) is 0.807. The summed E-state index contributed by atoms with van der Waals surface area (Å²) in [6.07, 6.45) is 3.75. The van der Waals surface area contributed by atoms with Crippen molar-refractivity contribution in [3.8, 4) is 0 Å². The largest absolute Gasteiger partial charge is 0.481 e. The Bertz CT molecular complexity index is 278. The first kappa shape index (κ1) is 16.4. The molecule has 0 heterocycles. The molecular formula is C15H29NO3. The summed E-state index contributed by atoms with van der Waals surface area (Å²) in [5.41, 5.74) is 0.141. The first-order valence-electron chi connectivity index (χ1n) is 7.31. The molecule has 0 spiro atoms. The van der Waals surface area contributed by atoms with Crippen LogP contribution in [0.1, 0.15) is 46.5 Å². The lowest BCUT2D eigenvalue weighted by atomic mass is 9.81. The lowest BCUT2D eigenvalue weighted by Crippen LogP contribution is -2.46. The van der Waals surface area contributed by atoms with Gasteiger partial charge in [-0.1, -0.05) is 0 Å². The first-order valence-corrected chi connectivity index (χ1v) is 7.31. The van der Waals surface area contributed by atoms with Crippen molar-refractivity contribution in [2.75, 3.05) is 26.8 Å². The summed E-state index contributed by atoms with van der Waals surface area (Å²) >= 11 is 0. The number of carboxylic acid groups (broad SMARTS) is 1. The molecule has 1 N–H and O–H groups in total. The third kappa shape index (κ3) is 5.49. The molecule has 4 heteroatoms. The van der Waals surface area contributed by atoms with E-state index in [0.717, 1.165) is 45.4 Å². The van der Waals surface area contributed by atoms with Crippen LogP contribution in [0.2, 0.25) is 0 Å². The van der Waals surface area contributed by atoms with Gasteiger partial charge in [-0.25, -0.2) is 0 Å². The zero-order valence-corrected chi connectivity index (χ0v) is 12.8. The van der Waals surface area contributed by atoms with Crippen molar-refractivity contribution >= 4 is 5.97 Å². The van der Waals surface area contributed by atoms with E-state index >= 15 is 0 Å². The standard InChI is InChI=1S/C15H29NO3/c1-15(2,3)16(9-10-19-4)11-12-5-7-13(8-6-12)14(17)18/h12-13H,5-11H2,1-4H3,(H,17,18). The number of hydrogen-bond donors (Lipinski definition) is 1. The van der Waals surface area contributed by atoms with Crippen LogP contribution >= 0.6 is 0 Å². The van der Waals surface area contributed by atoms with Gasteiger partial charge >= 0.3 is 5.97 Å². The van der Waals surface area contributed by atoms with E-state index in [1.54, 1.807) is 7.11 Å². The summed E-state index contributed by atoms with van der Waals surface area (Å²) < 4.78 is 5.19. The number of carbonyl (C=O) groups is 1. The Labute approximate surface area is 117 Å². The average Bonchev–Trinajstić information content (AvgIpc) is 2.33. The van der Waals surface area contributed by atoms with Crippen LogP contribution in [0.5, 0.6) is 0 Å². The van der Waals surface area contributed by atoms with Crippen LogP contribution in [-0.2, 0) is 9.53 Å². The van der Waals surface area contributed by atoms with E-state index in [9.17, 15) is 4.79 Å². The summed E-state index contributed by atoms with van der Waals surface area (Å²) in [6.45, 7) is 9.43. The van der Waals surface area contributed by atoms with Crippen LogP contribution in [0.15, 0.2) is 0 Å². The molecule has 0 aliphatic heterocycles. The minimum absolute atomic E-state index is 0.113. The van der Waals surface area contributed by atoms with Gasteiger partial charge in [-0.15, -0.1) is 0 Å². The van der Waals surface area contributed by atoms with Gasteiger partial charge in [0, 0.05) is 25.7 Å². The molecule has 1 rings (SSSR count). The molecule has 0 radical (unpaired) electrons. The number of nitrogens with zero attached hydrogens (tertiary/aromatic N) is 1. The molecule has 112 valence electrons. The maximum Gasteiger partial charge on any atom is 0.306 e. The van der Waals surface area contributed by atoms with Gasteiger partial charge in [0.2, 0.25) is 0 Å². The highest BCUT2D eigenvalue weighted by atomic mass is 16.5. The number of hydrogen-bond acceptors (Lipinski definition) is 3. The van der Waals surface area contributed by atoms with Crippen molar-refractivity contribution in [2.24, 2.45) is 11.8 Å². The van der Waals surface area contributed by atoms with Crippen LogP contribution < -0.4 is 0 Å². The normalized spacial score (nSPS) is 24.7. The number of methoxy groups -OCH3 is 1. The minimum atomic E-state index is -0.620. The van der Waals surface area contributed by atoms with Gasteiger partial charge in [-0.2, -0.15) is 0 Å². The smallest absolute Gasteiger partial charge is 0.306 e. The molecule has 0 atom stereocenters. The van der Waals surface area contributed by atoms with Crippen LogP contribution in [0.3, 0.4) is 0 Å². The van der Waals surface area contributed by atoms with Gasteiger partial charge in [0.15, 0.2) is 0 Å². The Kier molecular flexibility index (Phi) is 6.27. The van der Waals surface area contributed by atoms with Crippen molar-refractivity contribution in [3.63, 3.8) is 0 Å². The summed E-state index contributed by atoms with van der Waals surface area (Å²) in [5, 5.41) is 9.02. The highest BCUT2D eigenvalue weighted by Crippen LogP contribution is 2.30. The molecule has 0 saturated heterocycles. The third-order valence-corrected chi connectivity index (χ3v) is 4.19. The monoisotopic (exact) mass is 271 g/mol. The van der Waals surface area contributed by atoms with Gasteiger partial charge < -0.3 is 9.84 Å². The zero-order chi connectivity index (χ0) is 14.5. The predicted molar refractivity (Wildman–Crippen MR) is 76.3 cm³/mol. The molecule has 19 heavy (non-hydrogen) atoms. The van der Waals surface area contributed by atoms with Gasteiger partial charge in [0.05, 0.1) is 12.5 Å². The Balaban J connectivity index is 2.45. The van der Waals surface area contributed by atoms with Gasteiger partial charge in [0.25, 0.3) is 0 Å². The van der Waals surface area contributed by atoms with E-state index in [1.807, 2.05) is 0 Å². The van der Waals surface area contributed by atoms with Crippen LogP contribution in [-0.4, -0.2) is 48.3 Å². The molecule has 1 saturated carbocycles. The molecule has 4 nitrogen and oxygen atoms in total. The molecule has 0 aromatic carbocycles. The first-order chi connectivity index (χ1) is 8.84. The second-order valence-electron chi connectivity index (χ2n) is 6.67. The second-order valence-corrected chi connectivity index (χ2v) is 6.67. The topological polar surface area (TPSA) is 49.8 Å². The fourth-order valence-corrected chi connectivity index (χ4v) is 2.81. The molecule has 0 bridgehead atoms. The van der Waals surface area contributed by atoms with E-state index in [4.69, 9.17) is 9.84 Å². The van der Waals surface area contributed by atoms with Gasteiger partial charge in [-0.05, 0) is 52.4 Å². The van der Waals surface area contributed by atoms with E-state index in [0.29, 0.717) is 5.92 Å². The molecule has 1 aliphatic carbocycles. The average molecular weight is 271 g/mol. The van der Waals surface area contributed by atoms with Crippen molar-refractivity contribution in [1.82, 2.24) is 4.90 Å². The van der Waals surface area contributed by atoms with Crippen LogP contribution in [0, 0.1) is 11.8 Å². The molecule has 0 unspecified atom stereocenters. The van der Waals surface area contributed by atoms with Crippen molar-refractivity contribution < 1.29 is 14.6 Å². The second kappa shape index (κ2) is 7.25. The molecule has 1 aliphatic rings. The maximum atomic E-state index is 11.0. The van der Waals surface area contributed by atoms with E-state index in [-0.39, 0.29) is 11.5 Å². The predicted octanol–water partition coefficient (Wildman–Crippen LogP) is 2.62. The SMILES string of the molecule is COCCN(CC1CCC(C(=O)O)CC1)C(C)(C)C. The molecule has 0 amide bonds. The number of ether oxygens (including phenoxy) is 1. The Morgan fingerprint density at radius 3 is 2.26 bits per heavy atom. The zero-order valence-electron chi connectivity index (χ0n) is 12.8. The fourth-order valence-electron chi connectivity index (χ4n) is 2.81. The van der Waals surface area contributed by atoms with Crippen molar-refractivity contribution in [3.05, 3.63) is 0 Å². The fraction of sp³-hybridized carbons (Fsp3) is 0.933. The van der Waals surface area contributed by atoms with Crippen molar-refractivity contribution in [2.45, 2.75) is 52.0 Å². The Morgan fingerprint density at radius 2 is 1.84 bits per heavy atom. The summed E-state index contributed by atoms with van der Waals surface area (Å²) in [4.78, 5) is 13.4. The maximum absolute atomic E-state index is 11.0. The lowest BCUT2D eigenvalue weighted by molar-refractivity contribution is -0.143. The lowest BCUT2D eigenvalue weighted by Gasteiger charge is -2.39. The molecular weight excluding hydrogens is 242 g/mol. The summed E-state index contributed by atoms with van der Waals surface area (Å²) in [7, 11) is 1.74. The summed E-state index contributed by atoms with van der Waals surface area (Å²) in [5.74, 6) is -0.101. The number of rotatable bonds is 6. The Hall–Kier alpha value is -0.610. The van der Waals surface area contributed by atoms with Gasteiger partial charge in [0.1, 0.15) is 0 Å². The van der Waals surface area contributed by atoms with Gasteiger partial charge in [-0.3, -0.25) is 9.69 Å². The highest BCUT2D eigenvalue weighted by Gasteiger charge is 2.29. The van der Waals surface area contributed by atoms with Crippen LogP contribution in [0.4, 0.5) is 0 Å². The molecule has 0 aromatic rings.